The quantitative estimate of drug-likeness (QED) is 0.696. The van der Waals surface area contributed by atoms with Crippen LogP contribution in [0, 0.1) is 0 Å². The highest BCUT2D eigenvalue weighted by atomic mass is 16.3. The molecule has 3 nitrogen and oxygen atoms in total. The number of aromatic hydroxyl groups is 1. The molecule has 1 aromatic rings. The topological polar surface area (TPSA) is 40.5 Å². The predicted octanol–water partition coefficient (Wildman–Crippen LogP) is 1.61. The average Bonchev–Trinajstić information content (AvgIpc) is 2.61. The minimum atomic E-state index is 0.216. The van der Waals surface area contributed by atoms with Crippen LogP contribution in [0.25, 0.3) is 0 Å². The Morgan fingerprint density at radius 1 is 1.33 bits per heavy atom. The summed E-state index contributed by atoms with van der Waals surface area (Å²) < 4.78 is 0. The van der Waals surface area contributed by atoms with Gasteiger partial charge in [0.15, 0.2) is 0 Å². The predicted molar refractivity (Wildman–Crippen MR) is 55.5 cm³/mol. The van der Waals surface area contributed by atoms with Crippen LogP contribution < -0.4 is 0 Å². The molecule has 2 aliphatic rings. The summed E-state index contributed by atoms with van der Waals surface area (Å²) >= 11 is 0. The van der Waals surface area contributed by atoms with Crippen LogP contribution in [0.4, 0.5) is 0 Å². The molecular formula is C12H13NO2. The molecule has 0 bridgehead atoms. The van der Waals surface area contributed by atoms with Gasteiger partial charge in [0.25, 0.3) is 0 Å². The smallest absolute Gasteiger partial charge is 0.223 e. The number of phenolic OH excluding ortho intramolecular Hbond substituents is 1. The molecule has 0 spiro atoms. The van der Waals surface area contributed by atoms with Crippen molar-refractivity contribution in [3.63, 3.8) is 0 Å². The van der Waals surface area contributed by atoms with Gasteiger partial charge in [-0.1, -0.05) is 6.07 Å². The van der Waals surface area contributed by atoms with E-state index in [0.717, 1.165) is 24.9 Å². The van der Waals surface area contributed by atoms with E-state index in [2.05, 4.69) is 0 Å². The van der Waals surface area contributed by atoms with E-state index >= 15 is 0 Å². The van der Waals surface area contributed by atoms with Crippen LogP contribution in [-0.4, -0.2) is 22.5 Å². The van der Waals surface area contributed by atoms with E-state index in [1.807, 2.05) is 17.0 Å². The first-order chi connectivity index (χ1) is 7.25. The van der Waals surface area contributed by atoms with Crippen LogP contribution in [-0.2, 0) is 11.2 Å². The largest absolute Gasteiger partial charge is 0.508 e. The lowest BCUT2D eigenvalue weighted by Gasteiger charge is -2.32. The van der Waals surface area contributed by atoms with E-state index in [9.17, 15) is 9.90 Å². The van der Waals surface area contributed by atoms with Crippen molar-refractivity contribution in [1.29, 1.82) is 0 Å². The number of fused-ring (bicyclic) bond motifs is 3. The lowest BCUT2D eigenvalue weighted by atomic mass is 9.93. The van der Waals surface area contributed by atoms with Crippen molar-refractivity contribution < 1.29 is 9.90 Å². The molecule has 1 saturated heterocycles. The molecule has 15 heavy (non-hydrogen) atoms. The molecule has 2 heterocycles. The number of amides is 1. The van der Waals surface area contributed by atoms with E-state index in [-0.39, 0.29) is 11.9 Å². The summed E-state index contributed by atoms with van der Waals surface area (Å²) in [6, 6.07) is 5.73. The summed E-state index contributed by atoms with van der Waals surface area (Å²) in [5, 5.41) is 9.47. The number of carbonyl (C=O) groups is 1. The number of rotatable bonds is 0. The van der Waals surface area contributed by atoms with E-state index in [0.29, 0.717) is 12.2 Å². The van der Waals surface area contributed by atoms with E-state index in [1.165, 1.54) is 5.56 Å². The lowest BCUT2D eigenvalue weighted by molar-refractivity contribution is -0.129. The minimum Gasteiger partial charge on any atom is -0.508 e. The molecule has 0 aromatic heterocycles. The number of phenols is 1. The molecule has 1 fully saturated rings. The SMILES string of the molecule is O=C1CCC2c3cc(O)ccc3CCN12. The van der Waals surface area contributed by atoms with Gasteiger partial charge in [0.05, 0.1) is 6.04 Å². The van der Waals surface area contributed by atoms with Crippen molar-refractivity contribution in [3.05, 3.63) is 29.3 Å². The Labute approximate surface area is 88.3 Å². The lowest BCUT2D eigenvalue weighted by Crippen LogP contribution is -2.33. The van der Waals surface area contributed by atoms with Crippen molar-refractivity contribution in [2.45, 2.75) is 25.3 Å². The van der Waals surface area contributed by atoms with Crippen LogP contribution >= 0.6 is 0 Å². The second-order valence-electron chi connectivity index (χ2n) is 4.27. The van der Waals surface area contributed by atoms with Crippen molar-refractivity contribution in [3.8, 4) is 5.75 Å². The number of carbonyl (C=O) groups excluding carboxylic acids is 1. The second-order valence-corrected chi connectivity index (χ2v) is 4.27. The van der Waals surface area contributed by atoms with Crippen LogP contribution in [0.5, 0.6) is 5.75 Å². The van der Waals surface area contributed by atoms with Crippen LogP contribution in [0.2, 0.25) is 0 Å². The number of nitrogens with zero attached hydrogens (tertiary/aromatic N) is 1. The Morgan fingerprint density at radius 3 is 3.07 bits per heavy atom. The maximum atomic E-state index is 11.6. The van der Waals surface area contributed by atoms with Crippen molar-refractivity contribution in [2.24, 2.45) is 0 Å². The number of hydrogen-bond donors (Lipinski definition) is 1. The summed E-state index contributed by atoms with van der Waals surface area (Å²) in [6.45, 7) is 0.835. The van der Waals surface area contributed by atoms with Gasteiger partial charge in [-0.05, 0) is 36.1 Å². The molecule has 1 unspecified atom stereocenters. The Hall–Kier alpha value is -1.51. The highest BCUT2D eigenvalue weighted by molar-refractivity contribution is 5.79. The number of benzene rings is 1. The Bertz CT molecular complexity index is 428. The highest BCUT2D eigenvalue weighted by Crippen LogP contribution is 2.39. The number of hydrogen-bond acceptors (Lipinski definition) is 2. The maximum absolute atomic E-state index is 11.6. The van der Waals surface area contributed by atoms with Crippen LogP contribution in [0.1, 0.15) is 30.0 Å². The van der Waals surface area contributed by atoms with E-state index < -0.39 is 0 Å². The Morgan fingerprint density at radius 2 is 2.20 bits per heavy atom. The summed E-state index contributed by atoms with van der Waals surface area (Å²) in [7, 11) is 0. The van der Waals surface area contributed by atoms with Gasteiger partial charge in [-0.25, -0.2) is 0 Å². The van der Waals surface area contributed by atoms with Gasteiger partial charge < -0.3 is 10.0 Å². The third-order valence-corrected chi connectivity index (χ3v) is 3.44. The normalized spacial score (nSPS) is 23.9. The molecule has 0 radical (unpaired) electrons. The molecule has 2 aliphatic heterocycles. The summed E-state index contributed by atoms with van der Waals surface area (Å²) in [5.74, 6) is 0.559. The van der Waals surface area contributed by atoms with E-state index in [4.69, 9.17) is 0 Å². The monoisotopic (exact) mass is 203 g/mol. The fraction of sp³-hybridized carbons (Fsp3) is 0.417. The summed E-state index contributed by atoms with van der Waals surface area (Å²) in [6.07, 6.45) is 2.47. The van der Waals surface area contributed by atoms with Crippen molar-refractivity contribution in [1.82, 2.24) is 4.90 Å². The summed E-state index contributed by atoms with van der Waals surface area (Å²) in [4.78, 5) is 13.5. The molecular weight excluding hydrogens is 190 g/mol. The van der Waals surface area contributed by atoms with Gasteiger partial charge in [-0.2, -0.15) is 0 Å². The Balaban J connectivity index is 2.08. The van der Waals surface area contributed by atoms with Crippen LogP contribution in [0.15, 0.2) is 18.2 Å². The van der Waals surface area contributed by atoms with Crippen molar-refractivity contribution >= 4 is 5.91 Å². The zero-order chi connectivity index (χ0) is 10.4. The molecule has 1 N–H and O–H groups in total. The third-order valence-electron chi connectivity index (χ3n) is 3.44. The standard InChI is InChI=1S/C12H13NO2/c14-9-2-1-8-5-6-13-11(10(8)7-9)3-4-12(13)15/h1-2,7,11,14H,3-6H2. The fourth-order valence-corrected chi connectivity index (χ4v) is 2.70. The van der Waals surface area contributed by atoms with Crippen LogP contribution in [0.3, 0.4) is 0 Å². The van der Waals surface area contributed by atoms with Gasteiger partial charge in [0.1, 0.15) is 5.75 Å². The average molecular weight is 203 g/mol. The molecule has 1 amide bonds. The molecule has 1 aromatic carbocycles. The molecule has 78 valence electrons. The molecule has 3 rings (SSSR count). The molecule has 0 saturated carbocycles. The zero-order valence-corrected chi connectivity index (χ0v) is 8.44. The van der Waals surface area contributed by atoms with Gasteiger partial charge in [-0.3, -0.25) is 4.79 Å². The first-order valence-corrected chi connectivity index (χ1v) is 5.37. The Kier molecular flexibility index (Phi) is 1.75. The first-order valence-electron chi connectivity index (χ1n) is 5.37. The van der Waals surface area contributed by atoms with Gasteiger partial charge in [0.2, 0.25) is 5.91 Å². The van der Waals surface area contributed by atoms with Gasteiger partial charge in [-0.15, -0.1) is 0 Å². The first kappa shape index (κ1) is 8.77. The zero-order valence-electron chi connectivity index (χ0n) is 8.44. The molecule has 1 atom stereocenters. The molecule has 3 heteroatoms. The minimum absolute atomic E-state index is 0.216. The van der Waals surface area contributed by atoms with Crippen molar-refractivity contribution in [2.75, 3.05) is 6.54 Å². The second kappa shape index (κ2) is 2.99. The fourth-order valence-electron chi connectivity index (χ4n) is 2.70. The summed E-state index contributed by atoms with van der Waals surface area (Å²) in [5.41, 5.74) is 2.43. The maximum Gasteiger partial charge on any atom is 0.223 e. The third kappa shape index (κ3) is 1.23. The van der Waals surface area contributed by atoms with E-state index in [1.54, 1.807) is 6.07 Å². The van der Waals surface area contributed by atoms with Gasteiger partial charge in [0, 0.05) is 13.0 Å². The highest BCUT2D eigenvalue weighted by Gasteiger charge is 2.35. The van der Waals surface area contributed by atoms with Gasteiger partial charge >= 0.3 is 0 Å². The molecule has 0 aliphatic carbocycles.